The molecule has 0 aliphatic carbocycles. The van der Waals surface area contributed by atoms with Gasteiger partial charge >= 0.3 is 0 Å². The van der Waals surface area contributed by atoms with E-state index in [0.717, 1.165) is 5.56 Å². The molecule has 0 aliphatic rings. The summed E-state index contributed by atoms with van der Waals surface area (Å²) >= 11 is 6.51. The van der Waals surface area contributed by atoms with E-state index in [-0.39, 0.29) is 11.1 Å². The Morgan fingerprint density at radius 3 is 2.05 bits per heavy atom. The van der Waals surface area contributed by atoms with Gasteiger partial charge in [0.1, 0.15) is 0 Å². The summed E-state index contributed by atoms with van der Waals surface area (Å²) in [5.74, 6) is -4.98. The van der Waals surface area contributed by atoms with Gasteiger partial charge in [0.2, 0.25) is 0 Å². The number of carbonyl (C=O) groups excluding carboxylic acids is 1. The molecular weight excluding hydrogens is 401 g/mol. The van der Waals surface area contributed by atoms with Crippen LogP contribution in [0.2, 0.25) is 0 Å². The maximum Gasteiger partial charge on any atom is 0.194 e. The number of rotatable bonds is 2. The molecule has 0 bridgehead atoms. The van der Waals surface area contributed by atoms with Gasteiger partial charge in [0.15, 0.2) is 23.2 Å². The lowest BCUT2D eigenvalue weighted by Gasteiger charge is -2.08. The number of hydrogen-bond donors (Lipinski definition) is 0. The summed E-state index contributed by atoms with van der Waals surface area (Å²) in [5.41, 5.74) is 0.871. The van der Waals surface area contributed by atoms with E-state index in [2.05, 4.69) is 31.9 Å². The van der Waals surface area contributed by atoms with Crippen molar-refractivity contribution in [2.45, 2.75) is 6.92 Å². The zero-order chi connectivity index (χ0) is 15.0. The van der Waals surface area contributed by atoms with Crippen molar-refractivity contribution in [2.24, 2.45) is 0 Å². The smallest absolute Gasteiger partial charge is 0.194 e. The lowest BCUT2D eigenvalue weighted by Crippen LogP contribution is -2.06. The predicted molar refractivity (Wildman–Crippen MR) is 76.3 cm³/mol. The minimum absolute atomic E-state index is 0.230. The van der Waals surface area contributed by atoms with Gasteiger partial charge < -0.3 is 0 Å². The molecule has 1 nitrogen and oxygen atoms in total. The molecule has 0 spiro atoms. The SMILES string of the molecule is Cc1cc(Br)c(C(=O)c2cc(F)c(F)c(F)c2)cc1Br. The van der Waals surface area contributed by atoms with E-state index < -0.39 is 23.2 Å². The summed E-state index contributed by atoms with van der Waals surface area (Å²) in [6.45, 7) is 1.83. The second-order valence-electron chi connectivity index (χ2n) is 4.16. The number of ketones is 1. The fourth-order valence-corrected chi connectivity index (χ4v) is 2.64. The molecule has 0 heterocycles. The van der Waals surface area contributed by atoms with Crippen LogP contribution in [0, 0.1) is 24.4 Å². The topological polar surface area (TPSA) is 17.1 Å². The third kappa shape index (κ3) is 2.81. The van der Waals surface area contributed by atoms with Gasteiger partial charge in [-0.15, -0.1) is 0 Å². The van der Waals surface area contributed by atoms with Crippen LogP contribution in [-0.4, -0.2) is 5.78 Å². The minimum atomic E-state index is -1.59. The van der Waals surface area contributed by atoms with E-state index in [1.165, 1.54) is 0 Å². The van der Waals surface area contributed by atoms with Crippen molar-refractivity contribution in [2.75, 3.05) is 0 Å². The molecule has 0 unspecified atom stereocenters. The number of benzene rings is 2. The maximum absolute atomic E-state index is 13.2. The van der Waals surface area contributed by atoms with Crippen LogP contribution in [-0.2, 0) is 0 Å². The predicted octanol–water partition coefficient (Wildman–Crippen LogP) is 5.17. The molecule has 0 fully saturated rings. The van der Waals surface area contributed by atoms with Crippen molar-refractivity contribution < 1.29 is 18.0 Å². The fourth-order valence-electron chi connectivity index (χ4n) is 1.66. The Morgan fingerprint density at radius 2 is 1.50 bits per heavy atom. The summed E-state index contributed by atoms with van der Waals surface area (Å²) in [5, 5.41) is 0. The van der Waals surface area contributed by atoms with Crippen LogP contribution < -0.4 is 0 Å². The highest BCUT2D eigenvalue weighted by Crippen LogP contribution is 2.28. The first-order valence-electron chi connectivity index (χ1n) is 5.46. The standard InChI is InChI=1S/C14H7Br2F3O/c1-6-2-10(16)8(5-9(6)15)14(20)7-3-11(17)13(19)12(18)4-7/h2-5H,1H3. The fraction of sp³-hybridized carbons (Fsp3) is 0.0714. The highest BCUT2D eigenvalue weighted by Gasteiger charge is 2.19. The first-order valence-corrected chi connectivity index (χ1v) is 7.04. The van der Waals surface area contributed by atoms with Gasteiger partial charge in [-0.05, 0) is 36.8 Å². The molecule has 0 atom stereocenters. The van der Waals surface area contributed by atoms with Gasteiger partial charge in [0.05, 0.1) is 0 Å². The molecule has 0 amide bonds. The molecule has 0 saturated heterocycles. The summed E-state index contributed by atoms with van der Waals surface area (Å²) in [6, 6.07) is 4.61. The molecule has 2 aromatic rings. The molecule has 104 valence electrons. The monoisotopic (exact) mass is 406 g/mol. The summed E-state index contributed by atoms with van der Waals surface area (Å²) < 4.78 is 40.4. The number of aryl methyl sites for hydroxylation is 1. The van der Waals surface area contributed by atoms with E-state index in [4.69, 9.17) is 0 Å². The lowest BCUT2D eigenvalue weighted by molar-refractivity contribution is 0.103. The molecule has 0 aliphatic heterocycles. The normalized spacial score (nSPS) is 10.7. The summed E-state index contributed by atoms with van der Waals surface area (Å²) in [7, 11) is 0. The molecule has 6 heteroatoms. The quantitative estimate of drug-likeness (QED) is 0.495. The van der Waals surface area contributed by atoms with Crippen molar-refractivity contribution >= 4 is 37.6 Å². The van der Waals surface area contributed by atoms with Crippen molar-refractivity contribution in [3.8, 4) is 0 Å². The Labute approximate surface area is 130 Å². The molecule has 2 aromatic carbocycles. The molecule has 2 rings (SSSR count). The third-order valence-corrected chi connectivity index (χ3v) is 4.25. The van der Waals surface area contributed by atoms with E-state index >= 15 is 0 Å². The van der Waals surface area contributed by atoms with E-state index in [1.54, 1.807) is 12.1 Å². The highest BCUT2D eigenvalue weighted by atomic mass is 79.9. The van der Waals surface area contributed by atoms with Crippen molar-refractivity contribution in [3.63, 3.8) is 0 Å². The van der Waals surface area contributed by atoms with Gasteiger partial charge in [0.25, 0.3) is 0 Å². The Hall–Kier alpha value is -1.14. The average molecular weight is 408 g/mol. The van der Waals surface area contributed by atoms with Crippen LogP contribution in [0.15, 0.2) is 33.2 Å². The first kappa shape index (κ1) is 15.3. The van der Waals surface area contributed by atoms with E-state index in [9.17, 15) is 18.0 Å². The Bertz CT molecular complexity index is 691. The number of carbonyl (C=O) groups is 1. The van der Waals surface area contributed by atoms with Crippen molar-refractivity contribution in [3.05, 3.63) is 67.4 Å². The van der Waals surface area contributed by atoms with Gasteiger partial charge in [-0.2, -0.15) is 0 Å². The van der Waals surface area contributed by atoms with Crippen LogP contribution in [0.3, 0.4) is 0 Å². The van der Waals surface area contributed by atoms with Crippen LogP contribution >= 0.6 is 31.9 Å². The maximum atomic E-state index is 13.2. The molecule has 0 N–H and O–H groups in total. The zero-order valence-corrected chi connectivity index (χ0v) is 13.3. The average Bonchev–Trinajstić information content (AvgIpc) is 2.38. The van der Waals surface area contributed by atoms with Crippen LogP contribution in [0.1, 0.15) is 21.5 Å². The Kier molecular flexibility index (Phi) is 4.34. The second-order valence-corrected chi connectivity index (χ2v) is 5.87. The number of halogens is 5. The summed E-state index contributed by atoms with van der Waals surface area (Å²) in [4.78, 5) is 12.2. The molecular formula is C14H7Br2F3O. The first-order chi connectivity index (χ1) is 9.31. The highest BCUT2D eigenvalue weighted by molar-refractivity contribution is 9.11. The molecule has 0 aromatic heterocycles. The Balaban J connectivity index is 2.55. The lowest BCUT2D eigenvalue weighted by atomic mass is 10.0. The van der Waals surface area contributed by atoms with Gasteiger partial charge in [-0.25, -0.2) is 13.2 Å². The largest absolute Gasteiger partial charge is 0.289 e. The molecule has 20 heavy (non-hydrogen) atoms. The van der Waals surface area contributed by atoms with Crippen molar-refractivity contribution in [1.82, 2.24) is 0 Å². The molecule has 0 saturated carbocycles. The van der Waals surface area contributed by atoms with E-state index in [1.807, 2.05) is 6.92 Å². The van der Waals surface area contributed by atoms with E-state index in [0.29, 0.717) is 21.1 Å². The number of hydrogen-bond acceptors (Lipinski definition) is 1. The van der Waals surface area contributed by atoms with Gasteiger partial charge in [0, 0.05) is 20.1 Å². The third-order valence-electron chi connectivity index (χ3n) is 2.74. The van der Waals surface area contributed by atoms with Crippen LogP contribution in [0.5, 0.6) is 0 Å². The van der Waals surface area contributed by atoms with Gasteiger partial charge in [-0.1, -0.05) is 31.9 Å². The van der Waals surface area contributed by atoms with Crippen LogP contribution in [0.4, 0.5) is 13.2 Å². The summed E-state index contributed by atoms with van der Waals surface area (Å²) in [6.07, 6.45) is 0. The Morgan fingerprint density at radius 1 is 0.950 bits per heavy atom. The van der Waals surface area contributed by atoms with Gasteiger partial charge in [-0.3, -0.25) is 4.79 Å². The second kappa shape index (κ2) is 5.69. The molecule has 0 radical (unpaired) electrons. The van der Waals surface area contributed by atoms with Crippen molar-refractivity contribution in [1.29, 1.82) is 0 Å². The zero-order valence-electron chi connectivity index (χ0n) is 10.1. The van der Waals surface area contributed by atoms with Crippen LogP contribution in [0.25, 0.3) is 0 Å². The minimum Gasteiger partial charge on any atom is -0.289 e.